The molecule has 1 fully saturated rings. The molecule has 0 radical (unpaired) electrons. The average molecular weight is 370 g/mol. The lowest BCUT2D eigenvalue weighted by molar-refractivity contribution is -0.385. The van der Waals surface area contributed by atoms with Crippen molar-refractivity contribution in [1.29, 1.82) is 0 Å². The van der Waals surface area contributed by atoms with Crippen LogP contribution >= 0.6 is 0 Å². The summed E-state index contributed by atoms with van der Waals surface area (Å²) in [6, 6.07) is 9.78. The second-order valence-corrected chi connectivity index (χ2v) is 6.27. The normalized spacial score (nSPS) is 13.9. The Labute approximate surface area is 154 Å². The van der Waals surface area contributed by atoms with Gasteiger partial charge in [0.1, 0.15) is 0 Å². The van der Waals surface area contributed by atoms with E-state index in [1.165, 1.54) is 36.4 Å². The van der Waals surface area contributed by atoms with Crippen molar-refractivity contribution in [3.05, 3.63) is 68.3 Å². The van der Waals surface area contributed by atoms with Crippen LogP contribution in [0.15, 0.2) is 42.5 Å². The summed E-state index contributed by atoms with van der Waals surface area (Å²) in [5, 5.41) is 24.6. The summed E-state index contributed by atoms with van der Waals surface area (Å²) >= 11 is 0. The van der Waals surface area contributed by atoms with Gasteiger partial charge in [-0.25, -0.2) is 0 Å². The van der Waals surface area contributed by atoms with Crippen LogP contribution in [-0.2, 0) is 0 Å². The number of nitro benzene ring substituents is 2. The maximum absolute atomic E-state index is 12.8. The highest BCUT2D eigenvalue weighted by molar-refractivity contribution is 6.08. The highest BCUT2D eigenvalue weighted by Gasteiger charge is 2.22. The van der Waals surface area contributed by atoms with Gasteiger partial charge in [-0.15, -0.1) is 0 Å². The van der Waals surface area contributed by atoms with E-state index in [0.29, 0.717) is 5.69 Å². The molecular weight excluding hydrogens is 352 g/mol. The summed E-state index contributed by atoms with van der Waals surface area (Å²) in [6.45, 7) is 1.55. The molecule has 1 aliphatic rings. The molecule has 0 aliphatic carbocycles. The van der Waals surface area contributed by atoms with Gasteiger partial charge in [-0.05, 0) is 31.4 Å². The number of benzene rings is 2. The molecular formula is C18H18N4O5. The van der Waals surface area contributed by atoms with Crippen LogP contribution in [-0.4, -0.2) is 28.8 Å². The lowest BCUT2D eigenvalue weighted by atomic mass is 10.1. The number of non-ortho nitro benzene ring substituents is 2. The highest BCUT2D eigenvalue weighted by Crippen LogP contribution is 2.29. The minimum absolute atomic E-state index is 0.150. The van der Waals surface area contributed by atoms with Crippen molar-refractivity contribution < 1.29 is 14.6 Å². The lowest BCUT2D eigenvalue weighted by Gasteiger charge is -2.30. The molecule has 0 saturated carbocycles. The van der Waals surface area contributed by atoms with Crippen molar-refractivity contribution in [3.63, 3.8) is 0 Å². The molecule has 0 unspecified atom stereocenters. The summed E-state index contributed by atoms with van der Waals surface area (Å²) in [4.78, 5) is 35.8. The minimum Gasteiger partial charge on any atom is -0.371 e. The van der Waals surface area contributed by atoms with E-state index in [9.17, 15) is 25.0 Å². The van der Waals surface area contributed by atoms with E-state index in [2.05, 4.69) is 5.32 Å². The number of amides is 1. The molecule has 1 saturated heterocycles. The van der Waals surface area contributed by atoms with Gasteiger partial charge in [-0.3, -0.25) is 25.0 Å². The first-order valence-electron chi connectivity index (χ1n) is 8.55. The van der Waals surface area contributed by atoms with Gasteiger partial charge in [0.2, 0.25) is 0 Å². The molecule has 2 aromatic rings. The number of hydrogen-bond acceptors (Lipinski definition) is 6. The molecule has 0 bridgehead atoms. The number of hydrogen-bond donors (Lipinski definition) is 1. The van der Waals surface area contributed by atoms with Crippen molar-refractivity contribution >= 4 is 28.7 Å². The Balaban J connectivity index is 1.93. The van der Waals surface area contributed by atoms with Gasteiger partial charge in [-0.1, -0.05) is 6.07 Å². The van der Waals surface area contributed by atoms with Crippen LogP contribution in [0.2, 0.25) is 0 Å². The molecule has 2 aromatic carbocycles. The smallest absolute Gasteiger partial charge is 0.271 e. The third-order valence-electron chi connectivity index (χ3n) is 4.45. The number of nitro groups is 2. The van der Waals surface area contributed by atoms with Gasteiger partial charge < -0.3 is 10.2 Å². The molecule has 9 nitrogen and oxygen atoms in total. The summed E-state index contributed by atoms with van der Waals surface area (Å²) in [5.41, 5.74) is 0.731. The maximum atomic E-state index is 12.8. The standard InChI is InChI=1S/C18H18N4O5/c23-18(19-13-5-4-6-14(11-13)21(24)25)16-12-15(22(26)27)7-8-17(16)20-9-2-1-3-10-20/h4-8,11-12H,1-3,9-10H2,(H,19,23). The molecule has 27 heavy (non-hydrogen) atoms. The van der Waals surface area contributed by atoms with Gasteiger partial charge in [0, 0.05) is 43.0 Å². The summed E-state index contributed by atoms with van der Waals surface area (Å²) in [7, 11) is 0. The second kappa shape index (κ2) is 7.81. The summed E-state index contributed by atoms with van der Waals surface area (Å²) in [5.74, 6) is -0.542. The molecule has 0 atom stereocenters. The zero-order chi connectivity index (χ0) is 19.4. The quantitative estimate of drug-likeness (QED) is 0.632. The molecule has 0 spiro atoms. The van der Waals surface area contributed by atoms with E-state index in [4.69, 9.17) is 0 Å². The Hall–Kier alpha value is -3.49. The highest BCUT2D eigenvalue weighted by atomic mass is 16.6. The molecule has 1 N–H and O–H groups in total. The Bertz CT molecular complexity index is 893. The number of carbonyl (C=O) groups is 1. The van der Waals surface area contributed by atoms with Crippen molar-refractivity contribution in [2.45, 2.75) is 19.3 Å². The molecule has 1 aliphatic heterocycles. The third-order valence-corrected chi connectivity index (χ3v) is 4.45. The summed E-state index contributed by atoms with van der Waals surface area (Å²) < 4.78 is 0. The van der Waals surface area contributed by atoms with E-state index in [-0.39, 0.29) is 22.6 Å². The molecule has 1 heterocycles. The van der Waals surface area contributed by atoms with Crippen molar-refractivity contribution in [3.8, 4) is 0 Å². The van der Waals surface area contributed by atoms with Crippen LogP contribution in [0.25, 0.3) is 0 Å². The van der Waals surface area contributed by atoms with Gasteiger partial charge >= 0.3 is 0 Å². The topological polar surface area (TPSA) is 119 Å². The minimum atomic E-state index is -0.553. The molecule has 1 amide bonds. The molecule has 140 valence electrons. The number of piperidine rings is 1. The predicted octanol–water partition coefficient (Wildman–Crippen LogP) is 3.75. The van der Waals surface area contributed by atoms with Crippen LogP contribution in [0, 0.1) is 20.2 Å². The van der Waals surface area contributed by atoms with Gasteiger partial charge in [-0.2, -0.15) is 0 Å². The second-order valence-electron chi connectivity index (χ2n) is 6.27. The largest absolute Gasteiger partial charge is 0.371 e. The predicted molar refractivity (Wildman–Crippen MR) is 100 cm³/mol. The lowest BCUT2D eigenvalue weighted by Crippen LogP contribution is -2.31. The van der Waals surface area contributed by atoms with Crippen LogP contribution in [0.4, 0.5) is 22.7 Å². The Morgan fingerprint density at radius 2 is 1.59 bits per heavy atom. The Morgan fingerprint density at radius 3 is 2.26 bits per heavy atom. The monoisotopic (exact) mass is 370 g/mol. The van der Waals surface area contributed by atoms with Crippen LogP contribution in [0.3, 0.4) is 0 Å². The van der Waals surface area contributed by atoms with E-state index in [1.807, 2.05) is 4.90 Å². The molecule has 9 heteroatoms. The van der Waals surface area contributed by atoms with Crippen molar-refractivity contribution in [1.82, 2.24) is 0 Å². The average Bonchev–Trinajstić information content (AvgIpc) is 2.68. The zero-order valence-electron chi connectivity index (χ0n) is 14.5. The zero-order valence-corrected chi connectivity index (χ0v) is 14.5. The SMILES string of the molecule is O=C(Nc1cccc([N+](=O)[O-])c1)c1cc([N+](=O)[O-])ccc1N1CCCCC1. The number of rotatable bonds is 5. The maximum Gasteiger partial charge on any atom is 0.271 e. The first kappa shape index (κ1) is 18.3. The molecule has 0 aromatic heterocycles. The molecule has 3 rings (SSSR count). The van der Waals surface area contributed by atoms with Crippen molar-refractivity contribution in [2.24, 2.45) is 0 Å². The fourth-order valence-corrected chi connectivity index (χ4v) is 3.13. The number of nitrogens with one attached hydrogen (secondary N) is 1. The Morgan fingerprint density at radius 1 is 0.926 bits per heavy atom. The van der Waals surface area contributed by atoms with Crippen molar-refractivity contribution in [2.75, 3.05) is 23.3 Å². The first-order chi connectivity index (χ1) is 13.0. The van der Waals surface area contributed by atoms with E-state index in [0.717, 1.165) is 32.4 Å². The van der Waals surface area contributed by atoms with E-state index >= 15 is 0 Å². The van der Waals surface area contributed by atoms with Crippen LogP contribution in [0.1, 0.15) is 29.6 Å². The van der Waals surface area contributed by atoms with E-state index < -0.39 is 15.8 Å². The van der Waals surface area contributed by atoms with Crippen LogP contribution < -0.4 is 10.2 Å². The number of nitrogens with zero attached hydrogens (tertiary/aromatic N) is 3. The number of carbonyl (C=O) groups excluding carboxylic acids is 1. The van der Waals surface area contributed by atoms with Gasteiger partial charge in [0.05, 0.1) is 21.1 Å². The Kier molecular flexibility index (Phi) is 5.30. The third kappa shape index (κ3) is 4.20. The fourth-order valence-electron chi connectivity index (χ4n) is 3.13. The van der Waals surface area contributed by atoms with Gasteiger partial charge in [0.25, 0.3) is 17.3 Å². The van der Waals surface area contributed by atoms with E-state index in [1.54, 1.807) is 6.07 Å². The van der Waals surface area contributed by atoms with Gasteiger partial charge in [0.15, 0.2) is 0 Å². The fraction of sp³-hybridized carbons (Fsp3) is 0.278. The first-order valence-corrected chi connectivity index (χ1v) is 8.55. The summed E-state index contributed by atoms with van der Waals surface area (Å²) in [6.07, 6.45) is 3.09. The number of anilines is 2. The van der Waals surface area contributed by atoms with Crippen LogP contribution in [0.5, 0.6) is 0 Å².